The van der Waals surface area contributed by atoms with Crippen LogP contribution in [0.1, 0.15) is 38.5 Å². The lowest BCUT2D eigenvalue weighted by atomic mass is 9.91. The zero-order valence-electron chi connectivity index (χ0n) is 9.82. The zero-order chi connectivity index (χ0) is 11.0. The normalized spacial score (nSPS) is 35.2. The number of hydrogen-bond acceptors (Lipinski definition) is 2. The van der Waals surface area contributed by atoms with Crippen LogP contribution in [0, 0.1) is 0 Å². The van der Waals surface area contributed by atoms with Gasteiger partial charge in [-0.1, -0.05) is 12.8 Å². The maximum Gasteiger partial charge on any atom is 0.170 e. The second kappa shape index (κ2) is 4.49. The van der Waals surface area contributed by atoms with E-state index < -0.39 is 0 Å². The second-order valence-corrected chi connectivity index (χ2v) is 5.73. The fourth-order valence-electron chi connectivity index (χ4n) is 3.35. The summed E-state index contributed by atoms with van der Waals surface area (Å²) in [7, 11) is 0. The van der Waals surface area contributed by atoms with Crippen molar-refractivity contribution in [3.8, 4) is 0 Å². The lowest BCUT2D eigenvalue weighted by Gasteiger charge is -2.33. The summed E-state index contributed by atoms with van der Waals surface area (Å²) in [5, 5.41) is 4.51. The van der Waals surface area contributed by atoms with Crippen LogP contribution in [0.4, 0.5) is 0 Å². The Morgan fingerprint density at radius 3 is 2.69 bits per heavy atom. The first-order valence-corrected chi connectivity index (χ1v) is 7.05. The van der Waals surface area contributed by atoms with E-state index in [-0.39, 0.29) is 0 Å². The lowest BCUT2D eigenvalue weighted by Crippen LogP contribution is -2.44. The van der Waals surface area contributed by atoms with Gasteiger partial charge in [-0.15, -0.1) is 0 Å². The molecule has 0 unspecified atom stereocenters. The van der Waals surface area contributed by atoms with E-state index in [1.807, 2.05) is 0 Å². The van der Waals surface area contributed by atoms with Crippen LogP contribution in [-0.4, -0.2) is 46.8 Å². The summed E-state index contributed by atoms with van der Waals surface area (Å²) in [6.45, 7) is 3.58. The molecular formula is C12H21N3S. The second-order valence-electron chi connectivity index (χ2n) is 5.34. The molecule has 90 valence electrons. The minimum Gasteiger partial charge on any atom is -0.358 e. The molecule has 16 heavy (non-hydrogen) atoms. The molecule has 3 rings (SSSR count). The van der Waals surface area contributed by atoms with Gasteiger partial charge in [0.05, 0.1) is 12.7 Å². The predicted molar refractivity (Wildman–Crippen MR) is 69.3 cm³/mol. The molecule has 4 heteroatoms. The molecule has 0 spiro atoms. The van der Waals surface area contributed by atoms with Crippen LogP contribution < -0.4 is 5.32 Å². The Bertz CT molecular complexity index is 275. The van der Waals surface area contributed by atoms with Crippen molar-refractivity contribution in [1.82, 2.24) is 15.1 Å². The van der Waals surface area contributed by atoms with Crippen LogP contribution in [0.25, 0.3) is 0 Å². The summed E-state index contributed by atoms with van der Waals surface area (Å²) in [6.07, 6.45) is 8.10. The molecule has 2 aliphatic heterocycles. The first kappa shape index (κ1) is 10.8. The predicted octanol–water partition coefficient (Wildman–Crippen LogP) is 1.54. The van der Waals surface area contributed by atoms with Crippen molar-refractivity contribution < 1.29 is 0 Å². The van der Waals surface area contributed by atoms with Gasteiger partial charge in [0.15, 0.2) is 5.11 Å². The summed E-state index contributed by atoms with van der Waals surface area (Å²) in [4.78, 5) is 5.00. The lowest BCUT2D eigenvalue weighted by molar-refractivity contribution is 0.166. The Kier molecular flexibility index (Phi) is 3.03. The minimum atomic E-state index is 0.642. The van der Waals surface area contributed by atoms with E-state index in [4.69, 9.17) is 12.2 Å². The van der Waals surface area contributed by atoms with Gasteiger partial charge in [0.25, 0.3) is 0 Å². The van der Waals surface area contributed by atoms with Crippen molar-refractivity contribution in [2.24, 2.45) is 0 Å². The van der Waals surface area contributed by atoms with E-state index in [2.05, 4.69) is 15.1 Å². The average Bonchev–Trinajstić information content (AvgIpc) is 2.89. The maximum absolute atomic E-state index is 5.48. The quantitative estimate of drug-likeness (QED) is 0.737. The van der Waals surface area contributed by atoms with Crippen LogP contribution in [0.2, 0.25) is 0 Å². The summed E-state index contributed by atoms with van der Waals surface area (Å²) in [5.41, 5.74) is 0. The SMILES string of the molecule is S=C1N[C@H]2CCCC[C@@H]2N1CN1CCCC1. The van der Waals surface area contributed by atoms with Crippen molar-refractivity contribution >= 4 is 17.3 Å². The van der Waals surface area contributed by atoms with E-state index in [9.17, 15) is 0 Å². The molecule has 2 atom stereocenters. The summed E-state index contributed by atoms with van der Waals surface area (Å²) < 4.78 is 0. The van der Waals surface area contributed by atoms with E-state index >= 15 is 0 Å². The van der Waals surface area contributed by atoms with E-state index in [0.29, 0.717) is 12.1 Å². The summed E-state index contributed by atoms with van der Waals surface area (Å²) >= 11 is 5.48. The van der Waals surface area contributed by atoms with Gasteiger partial charge < -0.3 is 10.2 Å². The molecule has 0 aromatic carbocycles. The molecule has 0 aromatic rings. The molecule has 3 fully saturated rings. The molecule has 1 saturated carbocycles. The molecule has 3 aliphatic rings. The molecule has 0 amide bonds. The Labute approximate surface area is 103 Å². The van der Waals surface area contributed by atoms with Gasteiger partial charge in [-0.2, -0.15) is 0 Å². The molecule has 0 aromatic heterocycles. The number of nitrogens with one attached hydrogen (secondary N) is 1. The smallest absolute Gasteiger partial charge is 0.170 e. The minimum absolute atomic E-state index is 0.642. The highest BCUT2D eigenvalue weighted by Crippen LogP contribution is 2.28. The Morgan fingerprint density at radius 2 is 1.88 bits per heavy atom. The largest absolute Gasteiger partial charge is 0.358 e. The van der Waals surface area contributed by atoms with E-state index in [1.54, 1.807) is 0 Å². The Morgan fingerprint density at radius 1 is 1.12 bits per heavy atom. The molecule has 1 aliphatic carbocycles. The van der Waals surface area contributed by atoms with Gasteiger partial charge in [0, 0.05) is 6.04 Å². The van der Waals surface area contributed by atoms with Crippen LogP contribution in [0.15, 0.2) is 0 Å². The number of thiocarbonyl (C=S) groups is 1. The molecule has 2 saturated heterocycles. The average molecular weight is 239 g/mol. The Balaban J connectivity index is 1.65. The summed E-state index contributed by atoms with van der Waals surface area (Å²) in [5.74, 6) is 0. The highest BCUT2D eigenvalue weighted by atomic mass is 32.1. The highest BCUT2D eigenvalue weighted by Gasteiger charge is 2.38. The maximum atomic E-state index is 5.48. The number of fused-ring (bicyclic) bond motifs is 1. The van der Waals surface area contributed by atoms with E-state index in [0.717, 1.165) is 11.8 Å². The topological polar surface area (TPSA) is 18.5 Å². The van der Waals surface area contributed by atoms with Crippen molar-refractivity contribution in [1.29, 1.82) is 0 Å². The first-order chi connectivity index (χ1) is 7.84. The van der Waals surface area contributed by atoms with E-state index in [1.165, 1.54) is 51.6 Å². The van der Waals surface area contributed by atoms with Gasteiger partial charge in [0.1, 0.15) is 0 Å². The Hall–Kier alpha value is -0.350. The number of nitrogens with zero attached hydrogens (tertiary/aromatic N) is 2. The summed E-state index contributed by atoms with van der Waals surface area (Å²) in [6, 6.07) is 1.32. The van der Waals surface area contributed by atoms with Crippen LogP contribution in [0.5, 0.6) is 0 Å². The highest BCUT2D eigenvalue weighted by molar-refractivity contribution is 7.80. The molecule has 1 N–H and O–H groups in total. The molecular weight excluding hydrogens is 218 g/mol. The fourth-order valence-corrected chi connectivity index (χ4v) is 3.70. The molecule has 2 heterocycles. The zero-order valence-corrected chi connectivity index (χ0v) is 10.6. The molecule has 0 bridgehead atoms. The van der Waals surface area contributed by atoms with Crippen LogP contribution in [-0.2, 0) is 0 Å². The molecule has 0 radical (unpaired) electrons. The molecule has 3 nitrogen and oxygen atoms in total. The van der Waals surface area contributed by atoms with Crippen molar-refractivity contribution in [3.05, 3.63) is 0 Å². The van der Waals surface area contributed by atoms with Crippen molar-refractivity contribution in [3.63, 3.8) is 0 Å². The van der Waals surface area contributed by atoms with Crippen LogP contribution >= 0.6 is 12.2 Å². The van der Waals surface area contributed by atoms with Gasteiger partial charge >= 0.3 is 0 Å². The number of rotatable bonds is 2. The number of likely N-dealkylation sites (tertiary alicyclic amines) is 1. The van der Waals surface area contributed by atoms with Crippen LogP contribution in [0.3, 0.4) is 0 Å². The monoisotopic (exact) mass is 239 g/mol. The van der Waals surface area contributed by atoms with Gasteiger partial charge in [-0.05, 0) is 51.0 Å². The third kappa shape index (κ3) is 1.93. The van der Waals surface area contributed by atoms with Crippen molar-refractivity contribution in [2.75, 3.05) is 19.8 Å². The third-order valence-electron chi connectivity index (χ3n) is 4.25. The van der Waals surface area contributed by atoms with Gasteiger partial charge in [-0.25, -0.2) is 0 Å². The fraction of sp³-hybridized carbons (Fsp3) is 0.917. The third-order valence-corrected chi connectivity index (χ3v) is 4.60. The standard InChI is InChI=1S/C12H21N3S/c16-12-13-10-5-1-2-6-11(10)15(12)9-14-7-3-4-8-14/h10-11H,1-9H2,(H,13,16)/t10-,11-/m0/s1. The number of hydrogen-bond donors (Lipinski definition) is 1. The van der Waals surface area contributed by atoms with Crippen molar-refractivity contribution in [2.45, 2.75) is 50.6 Å². The van der Waals surface area contributed by atoms with Gasteiger partial charge in [-0.3, -0.25) is 4.90 Å². The van der Waals surface area contributed by atoms with Gasteiger partial charge in [0.2, 0.25) is 0 Å². The first-order valence-electron chi connectivity index (χ1n) is 6.64.